The van der Waals surface area contributed by atoms with E-state index in [4.69, 9.17) is 9.47 Å². The van der Waals surface area contributed by atoms with Gasteiger partial charge in [0.25, 0.3) is 0 Å². The maximum absolute atomic E-state index is 13.9. The van der Waals surface area contributed by atoms with Crippen LogP contribution in [0, 0.1) is 0 Å². The molecular weight excluding hydrogens is 496 g/mol. The molecule has 0 aromatic heterocycles. The van der Waals surface area contributed by atoms with Crippen LogP contribution in [-0.2, 0) is 11.4 Å². The molecule has 0 saturated carbocycles. The van der Waals surface area contributed by atoms with Gasteiger partial charge in [0.1, 0.15) is 18.1 Å². The molecule has 0 bridgehead atoms. The average Bonchev–Trinajstić information content (AvgIpc) is 3.14. The van der Waals surface area contributed by atoms with Gasteiger partial charge in [0.2, 0.25) is 0 Å². The minimum atomic E-state index is -0.260. The molecule has 0 fully saturated rings. The zero-order valence-corrected chi connectivity index (χ0v) is 22.9. The highest BCUT2D eigenvalue weighted by molar-refractivity contribution is 6.01. The monoisotopic (exact) mass is 530 g/mol. The van der Waals surface area contributed by atoms with E-state index in [-0.39, 0.29) is 23.8 Å². The summed E-state index contributed by atoms with van der Waals surface area (Å²) in [7, 11) is 0. The maximum Gasteiger partial charge on any atom is 0.163 e. The second-order valence-corrected chi connectivity index (χ2v) is 10.7. The van der Waals surface area contributed by atoms with Gasteiger partial charge < -0.3 is 20.1 Å². The number of hydrogen-bond donors (Lipinski definition) is 2. The molecule has 1 heterocycles. The van der Waals surface area contributed by atoms with Crippen molar-refractivity contribution < 1.29 is 14.3 Å². The average molecular weight is 531 g/mol. The summed E-state index contributed by atoms with van der Waals surface area (Å²) in [6.07, 6.45) is 1.35. The minimum Gasteiger partial charge on any atom is -0.491 e. The summed E-state index contributed by atoms with van der Waals surface area (Å²) in [5.41, 5.74) is 7.06. The first-order valence-corrected chi connectivity index (χ1v) is 14.0. The Bertz CT molecular complexity index is 1510. The van der Waals surface area contributed by atoms with Crippen LogP contribution in [0.25, 0.3) is 0 Å². The zero-order chi connectivity index (χ0) is 27.5. The number of para-hydroxylation sites is 2. The first-order valence-electron chi connectivity index (χ1n) is 14.0. The van der Waals surface area contributed by atoms with Crippen LogP contribution in [0.3, 0.4) is 0 Å². The number of anilines is 2. The van der Waals surface area contributed by atoms with Gasteiger partial charge in [0.05, 0.1) is 23.5 Å². The van der Waals surface area contributed by atoms with Crippen LogP contribution in [0.2, 0.25) is 0 Å². The Kier molecular flexibility index (Phi) is 7.28. The Morgan fingerprint density at radius 2 is 1.40 bits per heavy atom. The van der Waals surface area contributed by atoms with Gasteiger partial charge in [-0.3, -0.25) is 4.79 Å². The third-order valence-electron chi connectivity index (χ3n) is 7.49. The highest BCUT2D eigenvalue weighted by Gasteiger charge is 2.36. The van der Waals surface area contributed by atoms with Crippen molar-refractivity contribution in [3.05, 3.63) is 131 Å². The molecule has 1 aliphatic heterocycles. The molecule has 0 amide bonds. The number of ether oxygens (including phenoxy) is 2. The van der Waals surface area contributed by atoms with E-state index in [1.165, 1.54) is 0 Å². The molecule has 0 saturated heterocycles. The van der Waals surface area contributed by atoms with Gasteiger partial charge >= 0.3 is 0 Å². The largest absolute Gasteiger partial charge is 0.491 e. The lowest BCUT2D eigenvalue weighted by molar-refractivity contribution is -0.116. The second kappa shape index (κ2) is 11.3. The van der Waals surface area contributed by atoms with Crippen LogP contribution in [0.15, 0.2) is 114 Å². The van der Waals surface area contributed by atoms with Gasteiger partial charge in [-0.05, 0) is 79.3 Å². The summed E-state index contributed by atoms with van der Waals surface area (Å²) in [5.74, 6) is 1.92. The van der Waals surface area contributed by atoms with Crippen LogP contribution in [0.1, 0.15) is 55.3 Å². The predicted octanol–water partition coefficient (Wildman–Crippen LogP) is 8.03. The molecule has 5 heteroatoms. The van der Waals surface area contributed by atoms with E-state index < -0.39 is 0 Å². The number of fused-ring (bicyclic) bond motifs is 1. The van der Waals surface area contributed by atoms with E-state index in [9.17, 15) is 4.79 Å². The molecule has 6 rings (SSSR count). The Hall–Kier alpha value is -4.51. The van der Waals surface area contributed by atoms with Crippen molar-refractivity contribution >= 4 is 17.2 Å². The van der Waals surface area contributed by atoms with Crippen LogP contribution < -0.4 is 20.1 Å². The van der Waals surface area contributed by atoms with Crippen molar-refractivity contribution in [2.24, 2.45) is 0 Å². The van der Waals surface area contributed by atoms with E-state index in [1.54, 1.807) is 0 Å². The summed E-state index contributed by atoms with van der Waals surface area (Å²) in [6, 6.07) is 34.3. The third-order valence-corrected chi connectivity index (χ3v) is 7.49. The number of nitrogens with one attached hydrogen (secondary N) is 2. The predicted molar refractivity (Wildman–Crippen MR) is 160 cm³/mol. The fraction of sp³-hybridized carbons (Fsp3) is 0.229. The van der Waals surface area contributed by atoms with Gasteiger partial charge in [-0.2, -0.15) is 0 Å². The summed E-state index contributed by atoms with van der Waals surface area (Å²) in [6.45, 7) is 4.55. The molecule has 4 aromatic rings. The van der Waals surface area contributed by atoms with Crippen molar-refractivity contribution in [3.8, 4) is 11.5 Å². The molecule has 0 spiro atoms. The number of carbonyl (C=O) groups excluding carboxylic acids is 1. The van der Waals surface area contributed by atoms with E-state index in [0.717, 1.165) is 57.3 Å². The van der Waals surface area contributed by atoms with E-state index in [2.05, 4.69) is 59.2 Å². The molecule has 2 aliphatic rings. The van der Waals surface area contributed by atoms with Crippen LogP contribution in [-0.4, -0.2) is 11.9 Å². The second-order valence-electron chi connectivity index (χ2n) is 10.7. The topological polar surface area (TPSA) is 59.6 Å². The van der Waals surface area contributed by atoms with Crippen LogP contribution in [0.5, 0.6) is 11.5 Å². The SMILES string of the molecule is CC(C)Oc1ccc(C2CC(=O)C3=C(C2)Nc2ccccc2NC3c2ccc(OCc3ccccc3)cc2)cc1. The fourth-order valence-electron chi connectivity index (χ4n) is 5.57. The quantitative estimate of drug-likeness (QED) is 0.253. The van der Waals surface area contributed by atoms with Crippen molar-refractivity contribution in [2.45, 2.75) is 51.4 Å². The minimum absolute atomic E-state index is 0.103. The van der Waals surface area contributed by atoms with Gasteiger partial charge in [0.15, 0.2) is 5.78 Å². The molecule has 40 heavy (non-hydrogen) atoms. The third kappa shape index (κ3) is 5.59. The lowest BCUT2D eigenvalue weighted by Crippen LogP contribution is -2.26. The van der Waals surface area contributed by atoms with Gasteiger partial charge in [0, 0.05) is 17.7 Å². The molecule has 2 N–H and O–H groups in total. The molecule has 2 atom stereocenters. The Morgan fingerprint density at radius 1 is 0.750 bits per heavy atom. The van der Waals surface area contributed by atoms with Crippen molar-refractivity contribution in [1.82, 2.24) is 0 Å². The number of Topliss-reactive ketones (excluding diaryl/α,β-unsaturated/α-hetero) is 1. The first kappa shape index (κ1) is 25.8. The van der Waals surface area contributed by atoms with Gasteiger partial charge in [-0.1, -0.05) is 66.7 Å². The normalized spacial score (nSPS) is 18.2. The number of hydrogen-bond acceptors (Lipinski definition) is 5. The maximum atomic E-state index is 13.9. The molecule has 5 nitrogen and oxygen atoms in total. The van der Waals surface area contributed by atoms with E-state index >= 15 is 0 Å². The van der Waals surface area contributed by atoms with Crippen molar-refractivity contribution in [1.29, 1.82) is 0 Å². The molecule has 0 radical (unpaired) electrons. The lowest BCUT2D eigenvalue weighted by Gasteiger charge is -2.30. The number of rotatable bonds is 7. The smallest absolute Gasteiger partial charge is 0.163 e. The van der Waals surface area contributed by atoms with Crippen LogP contribution >= 0.6 is 0 Å². The Labute approximate surface area is 235 Å². The molecule has 1 aliphatic carbocycles. The molecule has 2 unspecified atom stereocenters. The summed E-state index contributed by atoms with van der Waals surface area (Å²) >= 11 is 0. The van der Waals surface area contributed by atoms with Crippen molar-refractivity contribution in [2.75, 3.05) is 10.6 Å². The van der Waals surface area contributed by atoms with Crippen molar-refractivity contribution in [3.63, 3.8) is 0 Å². The number of benzene rings is 4. The number of ketones is 1. The van der Waals surface area contributed by atoms with Gasteiger partial charge in [-0.25, -0.2) is 0 Å². The van der Waals surface area contributed by atoms with Gasteiger partial charge in [-0.15, -0.1) is 0 Å². The zero-order valence-electron chi connectivity index (χ0n) is 22.9. The molecular formula is C35H34N2O3. The van der Waals surface area contributed by atoms with E-state index in [1.807, 2.05) is 68.4 Å². The molecule has 202 valence electrons. The van der Waals surface area contributed by atoms with Crippen LogP contribution in [0.4, 0.5) is 11.4 Å². The highest BCUT2D eigenvalue weighted by Crippen LogP contribution is 2.44. The number of allylic oxidation sites excluding steroid dienone is 1. The highest BCUT2D eigenvalue weighted by atomic mass is 16.5. The Morgan fingerprint density at radius 3 is 2.12 bits per heavy atom. The fourth-order valence-corrected chi connectivity index (χ4v) is 5.57. The standard InChI is InChI=1S/C35H34N2O3/c1-23(2)40-29-18-12-25(13-19-29)27-20-32-34(33(38)21-27)35(37-31-11-7-6-10-30(31)36-32)26-14-16-28(17-15-26)39-22-24-8-4-3-5-9-24/h3-19,23,27,35-37H,20-22H2,1-2H3. The summed E-state index contributed by atoms with van der Waals surface area (Å²) in [5, 5.41) is 7.29. The number of carbonyl (C=O) groups is 1. The Balaban J connectivity index is 1.28. The lowest BCUT2D eigenvalue weighted by atomic mass is 9.78. The molecule has 4 aromatic carbocycles. The van der Waals surface area contributed by atoms with E-state index in [0.29, 0.717) is 13.0 Å². The summed E-state index contributed by atoms with van der Waals surface area (Å²) < 4.78 is 11.8. The summed E-state index contributed by atoms with van der Waals surface area (Å²) in [4.78, 5) is 13.9. The first-order chi connectivity index (χ1) is 19.5.